The Kier molecular flexibility index (Phi) is 4.72. The summed E-state index contributed by atoms with van der Waals surface area (Å²) in [6.45, 7) is 1.72. The molecule has 1 amide bonds. The fourth-order valence-corrected chi connectivity index (χ4v) is 2.41. The summed E-state index contributed by atoms with van der Waals surface area (Å²) in [7, 11) is 3.29. The summed E-state index contributed by atoms with van der Waals surface area (Å²) in [6, 6.07) is 3.80. The van der Waals surface area contributed by atoms with E-state index in [1.54, 1.807) is 21.0 Å². The van der Waals surface area contributed by atoms with Crippen LogP contribution in [-0.4, -0.2) is 41.2 Å². The van der Waals surface area contributed by atoms with Gasteiger partial charge in [0, 0.05) is 19.0 Å². The van der Waals surface area contributed by atoms with E-state index >= 15 is 0 Å². The smallest absolute Gasteiger partial charge is 0.338 e. The first kappa shape index (κ1) is 14.5. The van der Waals surface area contributed by atoms with E-state index in [2.05, 4.69) is 0 Å². The van der Waals surface area contributed by atoms with Gasteiger partial charge in [-0.15, -0.1) is 11.8 Å². The summed E-state index contributed by atoms with van der Waals surface area (Å²) in [6.07, 6.45) is 0. The maximum Gasteiger partial charge on any atom is 0.338 e. The van der Waals surface area contributed by atoms with E-state index < -0.39 is 11.8 Å². The van der Waals surface area contributed by atoms with Crippen LogP contribution in [0.15, 0.2) is 23.1 Å². The van der Waals surface area contributed by atoms with Gasteiger partial charge < -0.3 is 10.0 Å². The largest absolute Gasteiger partial charge is 0.478 e. The average Bonchev–Trinajstić information content (AvgIpc) is 2.29. The second kappa shape index (κ2) is 5.86. The minimum atomic E-state index is -1.32. The number of hydrogen-bond donors (Lipinski definition) is 1. The maximum absolute atomic E-state index is 13.2. The molecule has 1 aromatic rings. The van der Waals surface area contributed by atoms with Gasteiger partial charge in [-0.1, -0.05) is 0 Å². The molecule has 0 aliphatic rings. The lowest BCUT2D eigenvalue weighted by atomic mass is 10.2. The molecule has 18 heavy (non-hydrogen) atoms. The summed E-state index contributed by atoms with van der Waals surface area (Å²) in [5, 5.41) is 8.44. The lowest BCUT2D eigenvalue weighted by Crippen LogP contribution is -2.29. The molecule has 0 saturated carbocycles. The van der Waals surface area contributed by atoms with Crippen LogP contribution in [0.1, 0.15) is 17.3 Å². The zero-order valence-corrected chi connectivity index (χ0v) is 11.1. The van der Waals surface area contributed by atoms with E-state index in [0.717, 1.165) is 6.07 Å². The van der Waals surface area contributed by atoms with Crippen LogP contribution < -0.4 is 0 Å². The topological polar surface area (TPSA) is 57.6 Å². The lowest BCUT2D eigenvalue weighted by Gasteiger charge is -2.16. The third-order valence-corrected chi connectivity index (χ3v) is 3.35. The number of nitrogens with zero attached hydrogens (tertiary/aromatic N) is 1. The zero-order valence-electron chi connectivity index (χ0n) is 10.3. The lowest BCUT2D eigenvalue weighted by molar-refractivity contribution is -0.127. The number of aromatic carboxylic acids is 1. The number of rotatable bonds is 4. The van der Waals surface area contributed by atoms with Crippen LogP contribution >= 0.6 is 11.8 Å². The molecule has 0 fully saturated rings. The number of carboxylic acids is 1. The van der Waals surface area contributed by atoms with E-state index in [1.165, 1.54) is 28.8 Å². The van der Waals surface area contributed by atoms with Crippen molar-refractivity contribution in [1.29, 1.82) is 0 Å². The molecule has 98 valence electrons. The first-order valence-corrected chi connectivity index (χ1v) is 6.11. The van der Waals surface area contributed by atoms with Crippen molar-refractivity contribution in [2.24, 2.45) is 0 Å². The Morgan fingerprint density at radius 2 is 2.00 bits per heavy atom. The Balaban J connectivity index is 2.89. The van der Waals surface area contributed by atoms with E-state index in [0.29, 0.717) is 4.90 Å². The number of halogens is 1. The summed E-state index contributed by atoms with van der Waals surface area (Å²) < 4.78 is 13.2. The zero-order chi connectivity index (χ0) is 13.9. The Hall–Kier alpha value is -1.56. The van der Waals surface area contributed by atoms with E-state index in [1.807, 2.05) is 0 Å². The predicted molar refractivity (Wildman–Crippen MR) is 67.4 cm³/mol. The van der Waals surface area contributed by atoms with Gasteiger partial charge in [0.25, 0.3) is 0 Å². The highest BCUT2D eigenvalue weighted by Crippen LogP contribution is 2.26. The van der Waals surface area contributed by atoms with Crippen LogP contribution in [-0.2, 0) is 4.79 Å². The molecule has 0 aromatic heterocycles. The SMILES string of the molecule is CC(Sc1ccc(F)c(C(=O)O)c1)C(=O)N(C)C. The fourth-order valence-electron chi connectivity index (χ4n) is 1.36. The quantitative estimate of drug-likeness (QED) is 0.852. The van der Waals surface area contributed by atoms with Crippen LogP contribution in [0, 0.1) is 5.82 Å². The Labute approximate surface area is 109 Å². The van der Waals surface area contributed by atoms with Gasteiger partial charge in [0.15, 0.2) is 0 Å². The molecule has 6 heteroatoms. The monoisotopic (exact) mass is 271 g/mol. The second-order valence-corrected chi connectivity index (χ2v) is 5.35. The van der Waals surface area contributed by atoms with Crippen molar-refractivity contribution < 1.29 is 19.1 Å². The van der Waals surface area contributed by atoms with Crippen molar-refractivity contribution in [3.8, 4) is 0 Å². The van der Waals surface area contributed by atoms with Gasteiger partial charge in [-0.25, -0.2) is 9.18 Å². The highest BCUT2D eigenvalue weighted by atomic mass is 32.2. The Bertz CT molecular complexity index is 476. The molecule has 0 heterocycles. The molecular formula is C12H14FNO3S. The fraction of sp³-hybridized carbons (Fsp3) is 0.333. The highest BCUT2D eigenvalue weighted by Gasteiger charge is 2.18. The molecule has 4 nitrogen and oxygen atoms in total. The normalized spacial score (nSPS) is 12.0. The number of carbonyl (C=O) groups is 2. The van der Waals surface area contributed by atoms with Crippen molar-refractivity contribution in [3.63, 3.8) is 0 Å². The average molecular weight is 271 g/mol. The van der Waals surface area contributed by atoms with Crippen LogP contribution in [0.25, 0.3) is 0 Å². The van der Waals surface area contributed by atoms with Gasteiger partial charge in [-0.2, -0.15) is 0 Å². The van der Waals surface area contributed by atoms with Gasteiger partial charge in [-0.05, 0) is 25.1 Å². The van der Waals surface area contributed by atoms with Crippen molar-refractivity contribution in [2.75, 3.05) is 14.1 Å². The molecule has 0 aliphatic heterocycles. The molecule has 0 aliphatic carbocycles. The molecule has 0 saturated heterocycles. The van der Waals surface area contributed by atoms with Crippen molar-refractivity contribution in [2.45, 2.75) is 17.1 Å². The second-order valence-electron chi connectivity index (χ2n) is 3.94. The van der Waals surface area contributed by atoms with E-state index in [4.69, 9.17) is 5.11 Å². The molecule has 1 aromatic carbocycles. The molecule has 1 N–H and O–H groups in total. The van der Waals surface area contributed by atoms with Gasteiger partial charge in [0.1, 0.15) is 5.82 Å². The van der Waals surface area contributed by atoms with Crippen molar-refractivity contribution >= 4 is 23.6 Å². The number of benzene rings is 1. The number of amides is 1. The van der Waals surface area contributed by atoms with Crippen LogP contribution in [0.4, 0.5) is 4.39 Å². The molecule has 0 radical (unpaired) electrons. The highest BCUT2D eigenvalue weighted by molar-refractivity contribution is 8.00. The molecule has 1 rings (SSSR count). The first-order valence-electron chi connectivity index (χ1n) is 5.23. The van der Waals surface area contributed by atoms with Crippen molar-refractivity contribution in [1.82, 2.24) is 4.90 Å². The summed E-state index contributed by atoms with van der Waals surface area (Å²) in [4.78, 5) is 24.4. The maximum atomic E-state index is 13.2. The standard InChI is InChI=1S/C12H14FNO3S/c1-7(11(15)14(2)3)18-8-4-5-10(13)9(6-8)12(16)17/h4-7H,1-3H3,(H,16,17). The number of hydrogen-bond acceptors (Lipinski definition) is 3. The molecule has 1 unspecified atom stereocenters. The van der Waals surface area contributed by atoms with Crippen LogP contribution in [0.2, 0.25) is 0 Å². The van der Waals surface area contributed by atoms with Crippen molar-refractivity contribution in [3.05, 3.63) is 29.6 Å². The minimum absolute atomic E-state index is 0.0822. The molecule has 0 spiro atoms. The summed E-state index contributed by atoms with van der Waals surface area (Å²) in [5.74, 6) is -2.18. The number of thioether (sulfide) groups is 1. The van der Waals surface area contributed by atoms with Gasteiger partial charge in [-0.3, -0.25) is 4.79 Å². The summed E-state index contributed by atoms with van der Waals surface area (Å²) in [5.41, 5.74) is -0.385. The van der Waals surface area contributed by atoms with Gasteiger partial charge >= 0.3 is 5.97 Å². The van der Waals surface area contributed by atoms with Gasteiger partial charge in [0.05, 0.1) is 10.8 Å². The first-order chi connectivity index (χ1) is 8.32. The van der Waals surface area contributed by atoms with Crippen LogP contribution in [0.3, 0.4) is 0 Å². The van der Waals surface area contributed by atoms with E-state index in [-0.39, 0.29) is 16.7 Å². The van der Waals surface area contributed by atoms with E-state index in [9.17, 15) is 14.0 Å². The Morgan fingerprint density at radius 3 is 2.50 bits per heavy atom. The van der Waals surface area contributed by atoms with Gasteiger partial charge in [0.2, 0.25) is 5.91 Å². The minimum Gasteiger partial charge on any atom is -0.478 e. The number of carboxylic acid groups (broad SMARTS) is 1. The number of carbonyl (C=O) groups excluding carboxylic acids is 1. The molecular weight excluding hydrogens is 257 g/mol. The molecule has 1 atom stereocenters. The predicted octanol–water partition coefficient (Wildman–Crippen LogP) is 2.09. The third-order valence-electron chi connectivity index (χ3n) is 2.27. The summed E-state index contributed by atoms with van der Waals surface area (Å²) >= 11 is 1.20. The molecule has 0 bridgehead atoms. The Morgan fingerprint density at radius 1 is 1.39 bits per heavy atom. The van der Waals surface area contributed by atoms with Crippen LogP contribution in [0.5, 0.6) is 0 Å². The third kappa shape index (κ3) is 3.46.